The summed E-state index contributed by atoms with van der Waals surface area (Å²) in [5.41, 5.74) is 8.67. The molecule has 0 saturated carbocycles. The van der Waals surface area contributed by atoms with Crippen molar-refractivity contribution in [2.75, 3.05) is 11.1 Å². The number of nitrogens with zero attached hydrogens (tertiary/aromatic N) is 7. The van der Waals surface area contributed by atoms with E-state index in [-0.39, 0.29) is 11.5 Å². The Labute approximate surface area is 192 Å². The number of aryl methyl sites for hydroxylation is 2. The summed E-state index contributed by atoms with van der Waals surface area (Å²) in [5.74, 6) is 1.90. The summed E-state index contributed by atoms with van der Waals surface area (Å²) >= 11 is 1.41. The highest BCUT2D eigenvalue weighted by atomic mass is 32.2. The average molecular weight is 460 g/mol. The molecule has 5 aromatic rings. The number of thioether (sulfide) groups is 1. The van der Waals surface area contributed by atoms with Crippen LogP contribution in [-0.2, 0) is 19.2 Å². The molecule has 2 aromatic carbocycles. The zero-order chi connectivity index (χ0) is 22.9. The fourth-order valence-corrected chi connectivity index (χ4v) is 4.46. The summed E-state index contributed by atoms with van der Waals surface area (Å²) in [6.45, 7) is 2.09. The Balaban J connectivity index is 1.46. The molecule has 0 fully saturated rings. The number of hydrogen-bond acceptors (Lipinski definition) is 9. The van der Waals surface area contributed by atoms with Crippen LogP contribution >= 0.6 is 11.8 Å². The number of nitrogen functional groups attached to an aromatic ring is 1. The first-order valence-corrected chi connectivity index (χ1v) is 11.3. The monoisotopic (exact) mass is 459 g/mol. The van der Waals surface area contributed by atoms with Gasteiger partial charge in [-0.2, -0.15) is 15.0 Å². The van der Waals surface area contributed by atoms with Crippen LogP contribution in [0.2, 0.25) is 0 Å². The minimum absolute atomic E-state index is 0.115. The van der Waals surface area contributed by atoms with Crippen LogP contribution in [0, 0.1) is 0 Å². The first kappa shape index (κ1) is 20.9. The number of nitrogens with one attached hydrogen (secondary N) is 1. The van der Waals surface area contributed by atoms with Gasteiger partial charge in [-0.15, -0.1) is 10.2 Å². The highest BCUT2D eigenvalue weighted by Crippen LogP contribution is 2.25. The van der Waals surface area contributed by atoms with Gasteiger partial charge in [0.2, 0.25) is 17.7 Å². The maximum absolute atomic E-state index is 12.6. The smallest absolute Gasteiger partial charge is 0.262 e. The van der Waals surface area contributed by atoms with Crippen molar-refractivity contribution >= 4 is 46.0 Å². The number of anilines is 3. The van der Waals surface area contributed by atoms with E-state index >= 15 is 0 Å². The van der Waals surface area contributed by atoms with E-state index in [0.29, 0.717) is 33.8 Å². The molecule has 0 aliphatic rings. The molecule has 0 amide bonds. The molecule has 166 valence electrons. The normalized spacial score (nSPS) is 11.3. The Hall–Kier alpha value is -3.99. The third kappa shape index (κ3) is 3.87. The van der Waals surface area contributed by atoms with E-state index in [1.165, 1.54) is 16.3 Å². The molecule has 0 saturated heterocycles. The van der Waals surface area contributed by atoms with Crippen molar-refractivity contribution in [1.29, 1.82) is 0 Å². The maximum Gasteiger partial charge on any atom is 0.262 e. The Kier molecular flexibility index (Phi) is 5.38. The van der Waals surface area contributed by atoms with E-state index in [9.17, 15) is 4.79 Å². The molecule has 5 rings (SSSR count). The van der Waals surface area contributed by atoms with Gasteiger partial charge in [-0.1, -0.05) is 49.0 Å². The molecule has 33 heavy (non-hydrogen) atoms. The zero-order valence-corrected chi connectivity index (χ0v) is 18.9. The van der Waals surface area contributed by atoms with Crippen molar-refractivity contribution in [2.24, 2.45) is 7.05 Å². The van der Waals surface area contributed by atoms with Crippen LogP contribution in [0.15, 0.2) is 58.5 Å². The van der Waals surface area contributed by atoms with Crippen molar-refractivity contribution in [3.05, 3.63) is 70.3 Å². The lowest BCUT2D eigenvalue weighted by molar-refractivity contribution is 0.853. The van der Waals surface area contributed by atoms with E-state index in [4.69, 9.17) is 5.73 Å². The number of hydrogen-bond donors (Lipinski definition) is 2. The Morgan fingerprint density at radius 2 is 1.82 bits per heavy atom. The SMILES string of the molecule is CCc1ccccc1Nc1nc(N)nc(CSc2nnc3n(C)c(=O)c4ccccc4n23)n1. The molecule has 10 nitrogen and oxygen atoms in total. The van der Waals surface area contributed by atoms with Crippen LogP contribution in [0.3, 0.4) is 0 Å². The zero-order valence-electron chi connectivity index (χ0n) is 18.1. The quantitative estimate of drug-likeness (QED) is 0.368. The van der Waals surface area contributed by atoms with Crippen molar-refractivity contribution < 1.29 is 0 Å². The van der Waals surface area contributed by atoms with Gasteiger partial charge in [-0.3, -0.25) is 13.8 Å². The number of nitrogens with two attached hydrogens (primary N) is 1. The van der Waals surface area contributed by atoms with Gasteiger partial charge in [0.05, 0.1) is 16.7 Å². The third-order valence-corrected chi connectivity index (χ3v) is 6.20. The molecule has 11 heteroatoms. The molecule has 3 aromatic heterocycles. The maximum atomic E-state index is 12.6. The van der Waals surface area contributed by atoms with E-state index in [1.54, 1.807) is 13.1 Å². The lowest BCUT2D eigenvalue weighted by atomic mass is 10.1. The van der Waals surface area contributed by atoms with Crippen LogP contribution in [0.1, 0.15) is 18.3 Å². The van der Waals surface area contributed by atoms with Crippen molar-refractivity contribution in [3.8, 4) is 0 Å². The molecule has 0 aliphatic heterocycles. The second-order valence-corrected chi connectivity index (χ2v) is 8.30. The Morgan fingerprint density at radius 3 is 2.67 bits per heavy atom. The fourth-order valence-electron chi connectivity index (χ4n) is 3.66. The Morgan fingerprint density at radius 1 is 1.03 bits per heavy atom. The number of fused-ring (bicyclic) bond motifs is 3. The minimum atomic E-state index is -0.115. The van der Waals surface area contributed by atoms with Gasteiger partial charge in [-0.05, 0) is 30.2 Å². The third-order valence-electron chi connectivity index (χ3n) is 5.27. The lowest BCUT2D eigenvalue weighted by Crippen LogP contribution is -2.20. The highest BCUT2D eigenvalue weighted by molar-refractivity contribution is 7.98. The fraction of sp³-hybridized carbons (Fsp3) is 0.182. The Bertz CT molecular complexity index is 1540. The first-order chi connectivity index (χ1) is 16.0. The molecular formula is C22H21N9OS. The second-order valence-electron chi connectivity index (χ2n) is 7.36. The second kappa shape index (κ2) is 8.51. The van der Waals surface area contributed by atoms with Gasteiger partial charge in [0, 0.05) is 12.7 Å². The predicted molar refractivity (Wildman–Crippen MR) is 129 cm³/mol. The van der Waals surface area contributed by atoms with Crippen LogP contribution in [0.4, 0.5) is 17.6 Å². The summed E-state index contributed by atoms with van der Waals surface area (Å²) in [4.78, 5) is 25.7. The van der Waals surface area contributed by atoms with E-state index in [0.717, 1.165) is 23.2 Å². The molecule has 0 radical (unpaired) electrons. The van der Waals surface area contributed by atoms with Crippen molar-refractivity contribution in [3.63, 3.8) is 0 Å². The number of para-hydroxylation sites is 2. The van der Waals surface area contributed by atoms with Crippen LogP contribution in [-0.4, -0.2) is 34.1 Å². The van der Waals surface area contributed by atoms with E-state index in [2.05, 4.69) is 43.5 Å². The van der Waals surface area contributed by atoms with Crippen LogP contribution in [0.5, 0.6) is 0 Å². The molecule has 0 aliphatic carbocycles. The van der Waals surface area contributed by atoms with Gasteiger partial charge < -0.3 is 11.1 Å². The molecule has 0 bridgehead atoms. The predicted octanol–water partition coefficient (Wildman–Crippen LogP) is 2.95. The largest absolute Gasteiger partial charge is 0.368 e. The molecular weight excluding hydrogens is 438 g/mol. The molecule has 3 heterocycles. The molecule has 0 spiro atoms. The van der Waals surface area contributed by atoms with Gasteiger partial charge in [0.1, 0.15) is 5.82 Å². The van der Waals surface area contributed by atoms with Crippen molar-refractivity contribution in [2.45, 2.75) is 24.3 Å². The lowest BCUT2D eigenvalue weighted by Gasteiger charge is -2.10. The highest BCUT2D eigenvalue weighted by Gasteiger charge is 2.16. The van der Waals surface area contributed by atoms with Gasteiger partial charge in [0.15, 0.2) is 5.16 Å². The van der Waals surface area contributed by atoms with Gasteiger partial charge in [0.25, 0.3) is 5.56 Å². The summed E-state index contributed by atoms with van der Waals surface area (Å²) in [6.07, 6.45) is 0.878. The number of rotatable bonds is 6. The molecule has 0 atom stereocenters. The standard InChI is InChI=1S/C22H21N9OS/c1-3-13-8-4-6-10-15(13)24-20-26-17(25-19(23)27-20)12-33-22-29-28-21-30(2)18(32)14-9-5-7-11-16(14)31(21)22/h4-11H,3,12H2,1-2H3,(H3,23,24,25,26,27). The topological polar surface area (TPSA) is 129 Å². The molecule has 0 unspecified atom stereocenters. The summed E-state index contributed by atoms with van der Waals surface area (Å²) in [7, 11) is 1.69. The summed E-state index contributed by atoms with van der Waals surface area (Å²) < 4.78 is 3.36. The van der Waals surface area contributed by atoms with Crippen LogP contribution in [0.25, 0.3) is 16.7 Å². The number of benzene rings is 2. The van der Waals surface area contributed by atoms with Gasteiger partial charge in [-0.25, -0.2) is 0 Å². The van der Waals surface area contributed by atoms with E-state index < -0.39 is 0 Å². The minimum Gasteiger partial charge on any atom is -0.368 e. The van der Waals surface area contributed by atoms with Gasteiger partial charge >= 0.3 is 0 Å². The number of aromatic nitrogens is 7. The first-order valence-electron chi connectivity index (χ1n) is 10.4. The summed E-state index contributed by atoms with van der Waals surface area (Å²) in [5, 5.41) is 13.0. The summed E-state index contributed by atoms with van der Waals surface area (Å²) in [6, 6.07) is 15.4. The van der Waals surface area contributed by atoms with Crippen LogP contribution < -0.4 is 16.6 Å². The molecule has 3 N–H and O–H groups in total. The van der Waals surface area contributed by atoms with Crippen molar-refractivity contribution in [1.82, 2.24) is 34.1 Å². The van der Waals surface area contributed by atoms with E-state index in [1.807, 2.05) is 40.8 Å². The average Bonchev–Trinajstić information content (AvgIpc) is 3.25.